The summed E-state index contributed by atoms with van der Waals surface area (Å²) in [7, 11) is 1.82. The Bertz CT molecular complexity index is 818. The van der Waals surface area contributed by atoms with Crippen LogP contribution in [0.1, 0.15) is 5.69 Å². The molecule has 4 heteroatoms. The average Bonchev–Trinajstić information content (AvgIpc) is 2.53. The molecule has 1 N–H and O–H groups in total. The molecule has 0 bridgehead atoms. The highest BCUT2D eigenvalue weighted by atomic mass is 15.0. The molecule has 2 aromatic heterocycles. The summed E-state index contributed by atoms with van der Waals surface area (Å²) < 4.78 is 0. The molecule has 0 unspecified atom stereocenters. The van der Waals surface area contributed by atoms with Crippen molar-refractivity contribution in [3.8, 4) is 17.3 Å². The SMILES string of the molecule is CNc1cccc(-c2cc3ccccc3nc2C#N)n1. The standard InChI is InChI=1S/C16H12N4/c1-18-16-8-4-7-14(20-16)12-9-11-5-2-3-6-13(11)19-15(12)10-17/h2-9H,1H3,(H,18,20). The van der Waals surface area contributed by atoms with Crippen LogP contribution < -0.4 is 5.32 Å². The summed E-state index contributed by atoms with van der Waals surface area (Å²) >= 11 is 0. The van der Waals surface area contributed by atoms with Crippen molar-refractivity contribution in [2.45, 2.75) is 0 Å². The number of aromatic nitrogens is 2. The molecule has 0 amide bonds. The molecule has 3 aromatic rings. The lowest BCUT2D eigenvalue weighted by Crippen LogP contribution is -1.96. The third kappa shape index (κ3) is 2.06. The smallest absolute Gasteiger partial charge is 0.150 e. The van der Waals surface area contributed by atoms with E-state index in [1.165, 1.54) is 0 Å². The summed E-state index contributed by atoms with van der Waals surface area (Å²) in [6.45, 7) is 0. The first-order valence-corrected chi connectivity index (χ1v) is 6.27. The number of anilines is 1. The zero-order valence-electron chi connectivity index (χ0n) is 11.0. The van der Waals surface area contributed by atoms with Crippen LogP contribution in [0.25, 0.3) is 22.2 Å². The van der Waals surface area contributed by atoms with E-state index in [0.717, 1.165) is 28.0 Å². The lowest BCUT2D eigenvalue weighted by atomic mass is 10.1. The minimum atomic E-state index is 0.393. The van der Waals surface area contributed by atoms with Gasteiger partial charge in [-0.3, -0.25) is 0 Å². The number of nitrogens with one attached hydrogen (secondary N) is 1. The van der Waals surface area contributed by atoms with E-state index in [2.05, 4.69) is 21.4 Å². The van der Waals surface area contributed by atoms with Crippen molar-refractivity contribution in [2.24, 2.45) is 0 Å². The van der Waals surface area contributed by atoms with Gasteiger partial charge in [0.1, 0.15) is 11.9 Å². The van der Waals surface area contributed by atoms with Crippen molar-refractivity contribution in [1.82, 2.24) is 9.97 Å². The quantitative estimate of drug-likeness (QED) is 0.768. The van der Waals surface area contributed by atoms with Crippen molar-refractivity contribution < 1.29 is 0 Å². The third-order valence-electron chi connectivity index (χ3n) is 3.11. The summed E-state index contributed by atoms with van der Waals surface area (Å²) in [6.07, 6.45) is 0. The number of benzene rings is 1. The van der Waals surface area contributed by atoms with Crippen molar-refractivity contribution in [2.75, 3.05) is 12.4 Å². The Morgan fingerprint density at radius 3 is 2.70 bits per heavy atom. The molecule has 0 saturated carbocycles. The Labute approximate surface area is 116 Å². The van der Waals surface area contributed by atoms with Crippen LogP contribution in [-0.4, -0.2) is 17.0 Å². The van der Waals surface area contributed by atoms with E-state index in [1.807, 2.05) is 55.6 Å². The predicted octanol–water partition coefficient (Wildman–Crippen LogP) is 3.21. The van der Waals surface area contributed by atoms with E-state index in [4.69, 9.17) is 0 Å². The molecule has 0 aliphatic carbocycles. The van der Waals surface area contributed by atoms with Crippen LogP contribution in [0.15, 0.2) is 48.5 Å². The second-order valence-corrected chi connectivity index (χ2v) is 4.35. The summed E-state index contributed by atoms with van der Waals surface area (Å²) in [6, 6.07) is 17.5. The van der Waals surface area contributed by atoms with Gasteiger partial charge < -0.3 is 5.32 Å². The van der Waals surface area contributed by atoms with Gasteiger partial charge in [-0.25, -0.2) is 9.97 Å². The van der Waals surface area contributed by atoms with Crippen LogP contribution in [0, 0.1) is 11.3 Å². The zero-order chi connectivity index (χ0) is 13.9. The monoisotopic (exact) mass is 260 g/mol. The first-order chi connectivity index (χ1) is 9.81. The fourth-order valence-corrected chi connectivity index (χ4v) is 2.12. The Kier molecular flexibility index (Phi) is 3.02. The van der Waals surface area contributed by atoms with Gasteiger partial charge in [0.05, 0.1) is 11.2 Å². The number of para-hydroxylation sites is 1. The highest BCUT2D eigenvalue weighted by molar-refractivity contribution is 5.85. The van der Waals surface area contributed by atoms with E-state index in [1.54, 1.807) is 0 Å². The van der Waals surface area contributed by atoms with Crippen LogP contribution in [0.5, 0.6) is 0 Å². The predicted molar refractivity (Wildman–Crippen MR) is 79.2 cm³/mol. The van der Waals surface area contributed by atoms with Crippen molar-refractivity contribution in [3.63, 3.8) is 0 Å². The molecule has 20 heavy (non-hydrogen) atoms. The molecule has 0 spiro atoms. The van der Waals surface area contributed by atoms with Gasteiger partial charge in [-0.2, -0.15) is 5.26 Å². The topological polar surface area (TPSA) is 61.6 Å². The molecule has 3 rings (SSSR count). The van der Waals surface area contributed by atoms with E-state index in [9.17, 15) is 5.26 Å². The summed E-state index contributed by atoms with van der Waals surface area (Å²) in [5, 5.41) is 13.3. The summed E-state index contributed by atoms with van der Waals surface area (Å²) in [5.41, 5.74) is 2.71. The molecular weight excluding hydrogens is 248 g/mol. The van der Waals surface area contributed by atoms with E-state index >= 15 is 0 Å². The van der Waals surface area contributed by atoms with Crippen LogP contribution in [0.4, 0.5) is 5.82 Å². The van der Waals surface area contributed by atoms with Crippen molar-refractivity contribution in [3.05, 3.63) is 54.2 Å². The lowest BCUT2D eigenvalue weighted by molar-refractivity contribution is 1.26. The first-order valence-electron chi connectivity index (χ1n) is 6.27. The first kappa shape index (κ1) is 12.1. The van der Waals surface area contributed by atoms with Gasteiger partial charge in [-0.15, -0.1) is 0 Å². The van der Waals surface area contributed by atoms with Gasteiger partial charge in [-0.1, -0.05) is 24.3 Å². The second-order valence-electron chi connectivity index (χ2n) is 4.35. The van der Waals surface area contributed by atoms with Crippen LogP contribution in [0.3, 0.4) is 0 Å². The molecule has 4 nitrogen and oxygen atoms in total. The summed E-state index contributed by atoms with van der Waals surface area (Å²) in [4.78, 5) is 8.88. The number of pyridine rings is 2. The number of fused-ring (bicyclic) bond motifs is 1. The lowest BCUT2D eigenvalue weighted by Gasteiger charge is -2.07. The molecule has 0 fully saturated rings. The van der Waals surface area contributed by atoms with Gasteiger partial charge in [0.2, 0.25) is 0 Å². The Hall–Kier alpha value is -2.93. The molecule has 0 aliphatic rings. The third-order valence-corrected chi connectivity index (χ3v) is 3.11. The van der Waals surface area contributed by atoms with Gasteiger partial charge in [0.15, 0.2) is 5.69 Å². The maximum atomic E-state index is 9.31. The maximum absolute atomic E-state index is 9.31. The van der Waals surface area contributed by atoms with E-state index in [0.29, 0.717) is 5.69 Å². The maximum Gasteiger partial charge on any atom is 0.150 e. The molecule has 0 atom stereocenters. The fraction of sp³-hybridized carbons (Fsp3) is 0.0625. The highest BCUT2D eigenvalue weighted by Gasteiger charge is 2.10. The number of nitriles is 1. The normalized spacial score (nSPS) is 10.2. The van der Waals surface area contributed by atoms with E-state index < -0.39 is 0 Å². The Balaban J connectivity index is 2.26. The number of hydrogen-bond acceptors (Lipinski definition) is 4. The van der Waals surface area contributed by atoms with Crippen molar-refractivity contribution >= 4 is 16.7 Å². The van der Waals surface area contributed by atoms with Gasteiger partial charge in [0, 0.05) is 18.0 Å². The average molecular weight is 260 g/mol. The Morgan fingerprint density at radius 2 is 1.90 bits per heavy atom. The summed E-state index contributed by atoms with van der Waals surface area (Å²) in [5.74, 6) is 0.763. The number of nitrogens with zero attached hydrogens (tertiary/aromatic N) is 3. The molecular formula is C16H12N4. The van der Waals surface area contributed by atoms with E-state index in [-0.39, 0.29) is 0 Å². The molecule has 0 saturated heterocycles. The molecule has 2 heterocycles. The van der Waals surface area contributed by atoms with Gasteiger partial charge >= 0.3 is 0 Å². The van der Waals surface area contributed by atoms with Gasteiger partial charge in [0.25, 0.3) is 0 Å². The Morgan fingerprint density at radius 1 is 1.05 bits per heavy atom. The zero-order valence-corrected chi connectivity index (χ0v) is 11.0. The largest absolute Gasteiger partial charge is 0.373 e. The molecule has 0 aliphatic heterocycles. The minimum absolute atomic E-state index is 0.393. The fourth-order valence-electron chi connectivity index (χ4n) is 2.12. The van der Waals surface area contributed by atoms with Crippen LogP contribution in [0.2, 0.25) is 0 Å². The van der Waals surface area contributed by atoms with Gasteiger partial charge in [-0.05, 0) is 24.3 Å². The van der Waals surface area contributed by atoms with Crippen molar-refractivity contribution in [1.29, 1.82) is 5.26 Å². The highest BCUT2D eigenvalue weighted by Crippen LogP contribution is 2.25. The molecule has 96 valence electrons. The number of rotatable bonds is 2. The molecule has 0 radical (unpaired) electrons. The molecule has 1 aromatic carbocycles. The second kappa shape index (κ2) is 4.98. The van der Waals surface area contributed by atoms with Crippen LogP contribution >= 0.6 is 0 Å². The minimum Gasteiger partial charge on any atom is -0.373 e. The number of hydrogen-bond donors (Lipinski definition) is 1. The van der Waals surface area contributed by atoms with Crippen LogP contribution in [-0.2, 0) is 0 Å².